The molecule has 26 heavy (non-hydrogen) atoms. The van der Waals surface area contributed by atoms with E-state index in [9.17, 15) is 4.79 Å². The van der Waals surface area contributed by atoms with Gasteiger partial charge in [0.25, 0.3) is 5.91 Å². The Balaban J connectivity index is 1.94. The smallest absolute Gasteiger partial charge is 0.258 e. The summed E-state index contributed by atoms with van der Waals surface area (Å²) in [4.78, 5) is 15.0. The summed E-state index contributed by atoms with van der Waals surface area (Å²) in [6, 6.07) is 15.6. The molecule has 2 aromatic rings. The number of nitrogens with zero attached hydrogens (tertiary/aromatic N) is 1. The Labute approximate surface area is 154 Å². The molecule has 1 N–H and O–H groups in total. The highest BCUT2D eigenvalue weighted by atomic mass is 16.5. The van der Waals surface area contributed by atoms with E-state index in [0.717, 1.165) is 17.0 Å². The van der Waals surface area contributed by atoms with E-state index >= 15 is 0 Å². The van der Waals surface area contributed by atoms with Crippen molar-refractivity contribution in [3.63, 3.8) is 0 Å². The monoisotopic (exact) mass is 354 g/mol. The van der Waals surface area contributed by atoms with E-state index in [4.69, 9.17) is 9.47 Å². The molecule has 5 nitrogen and oxygen atoms in total. The Morgan fingerprint density at radius 2 is 1.77 bits per heavy atom. The fourth-order valence-corrected chi connectivity index (χ4v) is 3.51. The number of nitrogens with one attached hydrogen (secondary N) is 1. The average molecular weight is 354 g/mol. The number of hydrogen-bond acceptors (Lipinski definition) is 4. The molecule has 0 aromatic heterocycles. The van der Waals surface area contributed by atoms with E-state index in [2.05, 4.69) is 5.32 Å². The van der Waals surface area contributed by atoms with Crippen LogP contribution in [0.3, 0.4) is 0 Å². The molecule has 2 aromatic carbocycles. The highest BCUT2D eigenvalue weighted by Crippen LogP contribution is 2.39. The van der Waals surface area contributed by atoms with Crippen LogP contribution in [0, 0.1) is 0 Å². The largest absolute Gasteiger partial charge is 0.491 e. The van der Waals surface area contributed by atoms with E-state index in [1.807, 2.05) is 74.2 Å². The zero-order valence-electron chi connectivity index (χ0n) is 15.8. The van der Waals surface area contributed by atoms with E-state index in [1.165, 1.54) is 0 Å². The third kappa shape index (κ3) is 3.27. The highest BCUT2D eigenvalue weighted by Gasteiger charge is 2.43. The maximum atomic E-state index is 13.1. The van der Waals surface area contributed by atoms with Crippen LogP contribution in [0.15, 0.2) is 48.5 Å². The molecule has 1 aliphatic heterocycles. The van der Waals surface area contributed by atoms with E-state index in [1.54, 1.807) is 7.11 Å². The lowest BCUT2D eigenvalue weighted by atomic mass is 9.92. The van der Waals surface area contributed by atoms with Gasteiger partial charge in [0.15, 0.2) is 0 Å². The van der Waals surface area contributed by atoms with Gasteiger partial charge in [-0.05, 0) is 50.6 Å². The number of para-hydroxylation sites is 1. The van der Waals surface area contributed by atoms with Gasteiger partial charge < -0.3 is 19.7 Å². The van der Waals surface area contributed by atoms with Crippen LogP contribution in [0.25, 0.3) is 0 Å². The normalized spacial score (nSPS) is 19.3. The van der Waals surface area contributed by atoms with Crippen LogP contribution in [-0.4, -0.2) is 37.2 Å². The van der Waals surface area contributed by atoms with Gasteiger partial charge in [-0.15, -0.1) is 0 Å². The van der Waals surface area contributed by atoms with Crippen LogP contribution in [0.5, 0.6) is 5.75 Å². The van der Waals surface area contributed by atoms with Gasteiger partial charge in [0.2, 0.25) is 0 Å². The number of fused-ring (bicyclic) bond motifs is 1. The molecular formula is C21H26N2O3. The number of ether oxygens (including phenoxy) is 2. The summed E-state index contributed by atoms with van der Waals surface area (Å²) in [6.45, 7) is 7.17. The number of methoxy groups -OCH3 is 1. The lowest BCUT2D eigenvalue weighted by Crippen LogP contribution is -2.58. The zero-order chi connectivity index (χ0) is 18.7. The number of carbonyl (C=O) groups is 1. The average Bonchev–Trinajstić information content (AvgIpc) is 2.62. The number of carbonyl (C=O) groups excluding carboxylic acids is 1. The van der Waals surface area contributed by atoms with Crippen LogP contribution < -0.4 is 10.1 Å². The van der Waals surface area contributed by atoms with Crippen LogP contribution in [0.1, 0.15) is 36.7 Å². The fraction of sp³-hybridized carbons (Fsp3) is 0.381. The summed E-state index contributed by atoms with van der Waals surface area (Å²) >= 11 is 0. The Kier molecular flexibility index (Phi) is 5.18. The van der Waals surface area contributed by atoms with Crippen molar-refractivity contribution in [1.82, 2.24) is 4.90 Å². The standard InChI is InChI=1S/C21H26N2O3/c1-15(2)23-20(24)18-7-5-6-8-19(18)22-21(23,3)16-9-11-17(12-10-16)26-14-13-25-4/h5-12,15,22H,13-14H2,1-4H3. The summed E-state index contributed by atoms with van der Waals surface area (Å²) in [7, 11) is 1.65. The fourth-order valence-electron chi connectivity index (χ4n) is 3.51. The first-order valence-corrected chi connectivity index (χ1v) is 8.90. The molecule has 1 unspecified atom stereocenters. The second-order valence-corrected chi connectivity index (χ2v) is 6.88. The Morgan fingerprint density at radius 3 is 2.42 bits per heavy atom. The SMILES string of the molecule is COCCOc1ccc(C2(C)Nc3ccccc3C(=O)N2C(C)C)cc1. The third-order valence-corrected chi connectivity index (χ3v) is 4.73. The summed E-state index contributed by atoms with van der Waals surface area (Å²) < 4.78 is 10.7. The Hall–Kier alpha value is -2.53. The van der Waals surface area contributed by atoms with E-state index < -0.39 is 5.66 Å². The minimum absolute atomic E-state index is 0.0391. The Bertz CT molecular complexity index is 773. The Morgan fingerprint density at radius 1 is 1.08 bits per heavy atom. The molecule has 1 atom stereocenters. The number of anilines is 1. The minimum Gasteiger partial charge on any atom is -0.491 e. The van der Waals surface area contributed by atoms with Crippen molar-refractivity contribution in [2.45, 2.75) is 32.5 Å². The van der Waals surface area contributed by atoms with Crippen LogP contribution in [0.2, 0.25) is 0 Å². The number of hydrogen-bond donors (Lipinski definition) is 1. The number of benzene rings is 2. The predicted octanol–water partition coefficient (Wildman–Crippen LogP) is 3.86. The summed E-state index contributed by atoms with van der Waals surface area (Å²) in [6.07, 6.45) is 0. The van der Waals surface area contributed by atoms with Gasteiger partial charge >= 0.3 is 0 Å². The van der Waals surface area contributed by atoms with Gasteiger partial charge in [0.05, 0.1) is 12.2 Å². The summed E-state index contributed by atoms with van der Waals surface area (Å²) in [5.74, 6) is 0.824. The van der Waals surface area contributed by atoms with Crippen molar-refractivity contribution in [3.05, 3.63) is 59.7 Å². The van der Waals surface area contributed by atoms with Crippen molar-refractivity contribution in [2.75, 3.05) is 25.6 Å². The molecular weight excluding hydrogens is 328 g/mol. The molecule has 0 fully saturated rings. The van der Waals surface area contributed by atoms with Gasteiger partial charge in [0.1, 0.15) is 18.0 Å². The van der Waals surface area contributed by atoms with Crippen molar-refractivity contribution in [1.29, 1.82) is 0 Å². The lowest BCUT2D eigenvalue weighted by Gasteiger charge is -2.48. The van der Waals surface area contributed by atoms with Gasteiger partial charge in [-0.25, -0.2) is 0 Å². The maximum absolute atomic E-state index is 13.1. The zero-order valence-corrected chi connectivity index (χ0v) is 15.8. The van der Waals surface area contributed by atoms with Crippen LogP contribution >= 0.6 is 0 Å². The second kappa shape index (κ2) is 7.38. The molecule has 3 rings (SSSR count). The van der Waals surface area contributed by atoms with Gasteiger partial charge in [-0.1, -0.05) is 24.3 Å². The minimum atomic E-state index is -0.634. The molecule has 0 bridgehead atoms. The molecule has 0 spiro atoms. The second-order valence-electron chi connectivity index (χ2n) is 6.88. The molecule has 0 saturated heterocycles. The highest BCUT2D eigenvalue weighted by molar-refractivity contribution is 6.02. The van der Waals surface area contributed by atoms with Crippen LogP contribution in [-0.2, 0) is 10.4 Å². The number of rotatable bonds is 6. The number of amides is 1. The van der Waals surface area contributed by atoms with E-state index in [-0.39, 0.29) is 11.9 Å². The third-order valence-electron chi connectivity index (χ3n) is 4.73. The maximum Gasteiger partial charge on any atom is 0.258 e. The molecule has 1 amide bonds. The molecule has 5 heteroatoms. The topological polar surface area (TPSA) is 50.8 Å². The van der Waals surface area contributed by atoms with E-state index in [0.29, 0.717) is 18.8 Å². The van der Waals surface area contributed by atoms with Gasteiger partial charge in [-0.2, -0.15) is 0 Å². The first kappa shape index (κ1) is 18.3. The van der Waals surface area contributed by atoms with Crippen molar-refractivity contribution in [2.24, 2.45) is 0 Å². The summed E-state index contributed by atoms with van der Waals surface area (Å²) in [5, 5.41) is 3.57. The molecule has 1 aliphatic rings. The first-order chi connectivity index (χ1) is 12.5. The predicted molar refractivity (Wildman–Crippen MR) is 103 cm³/mol. The van der Waals surface area contributed by atoms with Gasteiger partial charge in [0, 0.05) is 18.8 Å². The molecule has 1 heterocycles. The van der Waals surface area contributed by atoms with Crippen molar-refractivity contribution < 1.29 is 14.3 Å². The molecule has 138 valence electrons. The molecule has 0 saturated carbocycles. The lowest BCUT2D eigenvalue weighted by molar-refractivity contribution is 0.0433. The van der Waals surface area contributed by atoms with Gasteiger partial charge in [-0.3, -0.25) is 4.79 Å². The van der Waals surface area contributed by atoms with Crippen molar-refractivity contribution in [3.8, 4) is 5.75 Å². The molecule has 0 aliphatic carbocycles. The van der Waals surface area contributed by atoms with Crippen molar-refractivity contribution >= 4 is 11.6 Å². The molecule has 0 radical (unpaired) electrons. The first-order valence-electron chi connectivity index (χ1n) is 8.90. The van der Waals surface area contributed by atoms with Crippen LogP contribution in [0.4, 0.5) is 5.69 Å². The summed E-state index contributed by atoms with van der Waals surface area (Å²) in [5.41, 5.74) is 1.94. The quantitative estimate of drug-likeness (QED) is 0.801.